The minimum Gasteiger partial charge on any atom is -0.382 e. The molecule has 0 aliphatic carbocycles. The number of para-hydroxylation sites is 1. The molecule has 1 aromatic heterocycles. The first-order chi connectivity index (χ1) is 10.4. The van der Waals surface area contributed by atoms with Gasteiger partial charge in [-0.2, -0.15) is 0 Å². The molecule has 4 heteroatoms. The maximum absolute atomic E-state index is 5.62. The highest BCUT2D eigenvalue weighted by atomic mass is 16.5. The fourth-order valence-corrected chi connectivity index (χ4v) is 2.44. The highest BCUT2D eigenvalue weighted by molar-refractivity contribution is 5.83. The van der Waals surface area contributed by atoms with Crippen LogP contribution in [-0.2, 0) is 27.2 Å². The highest BCUT2D eigenvalue weighted by Crippen LogP contribution is 2.20. The van der Waals surface area contributed by atoms with Gasteiger partial charge >= 0.3 is 0 Å². The summed E-state index contributed by atoms with van der Waals surface area (Å²) in [5, 5.41) is 1.30. The number of methoxy groups -OCH3 is 1. The third kappa shape index (κ3) is 4.56. The number of hydrogen-bond donors (Lipinski definition) is 0. The average Bonchev–Trinajstić information content (AvgIpc) is 2.93. The SMILES string of the molecule is CCc1cccc2ccn(CCOCCOCCOC)c12. The van der Waals surface area contributed by atoms with E-state index < -0.39 is 0 Å². The summed E-state index contributed by atoms with van der Waals surface area (Å²) in [6, 6.07) is 8.65. The number of benzene rings is 1. The van der Waals surface area contributed by atoms with E-state index in [1.54, 1.807) is 7.11 Å². The molecule has 0 fully saturated rings. The number of aryl methyl sites for hydroxylation is 1. The lowest BCUT2D eigenvalue weighted by Crippen LogP contribution is -2.11. The van der Waals surface area contributed by atoms with Gasteiger partial charge in [-0.1, -0.05) is 25.1 Å². The molecular weight excluding hydrogens is 266 g/mol. The van der Waals surface area contributed by atoms with Gasteiger partial charge in [-0.05, 0) is 23.4 Å². The van der Waals surface area contributed by atoms with Crippen molar-refractivity contribution in [1.82, 2.24) is 4.57 Å². The van der Waals surface area contributed by atoms with Gasteiger partial charge in [-0.3, -0.25) is 0 Å². The number of ether oxygens (including phenoxy) is 3. The van der Waals surface area contributed by atoms with Crippen LogP contribution in [-0.4, -0.2) is 44.7 Å². The zero-order chi connectivity index (χ0) is 14.9. The smallest absolute Gasteiger partial charge is 0.0701 e. The Hall–Kier alpha value is -1.36. The molecule has 0 spiro atoms. The molecule has 1 aromatic carbocycles. The maximum atomic E-state index is 5.62. The molecule has 0 radical (unpaired) electrons. The number of aromatic nitrogens is 1. The van der Waals surface area contributed by atoms with E-state index in [0.29, 0.717) is 33.0 Å². The molecule has 0 amide bonds. The van der Waals surface area contributed by atoms with E-state index in [1.807, 2.05) is 0 Å². The van der Waals surface area contributed by atoms with Crippen LogP contribution in [0.2, 0.25) is 0 Å². The molecule has 0 aliphatic heterocycles. The van der Waals surface area contributed by atoms with Crippen molar-refractivity contribution < 1.29 is 14.2 Å². The molecule has 0 saturated heterocycles. The van der Waals surface area contributed by atoms with Gasteiger partial charge in [0, 0.05) is 19.9 Å². The second-order valence-electron chi connectivity index (χ2n) is 4.94. The molecule has 0 saturated carbocycles. The van der Waals surface area contributed by atoms with Crippen molar-refractivity contribution in [1.29, 1.82) is 0 Å². The van der Waals surface area contributed by atoms with Crippen LogP contribution in [0.5, 0.6) is 0 Å². The summed E-state index contributed by atoms with van der Waals surface area (Å²) in [6.45, 7) is 6.28. The molecule has 2 aromatic rings. The van der Waals surface area contributed by atoms with E-state index in [2.05, 4.69) is 42.0 Å². The molecule has 2 rings (SSSR count). The standard InChI is InChI=1S/C17H25NO3/c1-3-15-5-4-6-16-7-8-18(17(15)16)9-10-20-13-14-21-12-11-19-2/h4-8H,3,9-14H2,1-2H3. The first-order valence-corrected chi connectivity index (χ1v) is 7.58. The van der Waals surface area contributed by atoms with Gasteiger partial charge in [0.2, 0.25) is 0 Å². The topological polar surface area (TPSA) is 32.6 Å². The van der Waals surface area contributed by atoms with Crippen LogP contribution in [0.3, 0.4) is 0 Å². The Labute approximate surface area is 126 Å². The summed E-state index contributed by atoms with van der Waals surface area (Å²) in [4.78, 5) is 0. The Morgan fingerprint density at radius 2 is 1.71 bits per heavy atom. The average molecular weight is 291 g/mol. The summed E-state index contributed by atoms with van der Waals surface area (Å²) >= 11 is 0. The van der Waals surface area contributed by atoms with Crippen molar-refractivity contribution in [3.63, 3.8) is 0 Å². The van der Waals surface area contributed by atoms with E-state index in [0.717, 1.165) is 13.0 Å². The van der Waals surface area contributed by atoms with E-state index in [9.17, 15) is 0 Å². The lowest BCUT2D eigenvalue weighted by atomic mass is 10.1. The lowest BCUT2D eigenvalue weighted by molar-refractivity contribution is 0.0232. The van der Waals surface area contributed by atoms with Crippen LogP contribution in [0.1, 0.15) is 12.5 Å². The van der Waals surface area contributed by atoms with Crippen molar-refractivity contribution in [2.24, 2.45) is 0 Å². The van der Waals surface area contributed by atoms with E-state index in [4.69, 9.17) is 14.2 Å². The van der Waals surface area contributed by atoms with Crippen LogP contribution in [0.15, 0.2) is 30.5 Å². The molecule has 0 aliphatic rings. The Morgan fingerprint density at radius 1 is 0.952 bits per heavy atom. The molecule has 0 N–H and O–H groups in total. The number of nitrogens with zero attached hydrogens (tertiary/aromatic N) is 1. The number of fused-ring (bicyclic) bond motifs is 1. The summed E-state index contributed by atoms with van der Waals surface area (Å²) < 4.78 is 18.2. The van der Waals surface area contributed by atoms with Crippen LogP contribution >= 0.6 is 0 Å². The normalized spacial score (nSPS) is 11.3. The second-order valence-corrected chi connectivity index (χ2v) is 4.94. The Morgan fingerprint density at radius 3 is 2.48 bits per heavy atom. The minimum atomic E-state index is 0.621. The van der Waals surface area contributed by atoms with E-state index in [1.165, 1.54) is 16.5 Å². The molecule has 0 unspecified atom stereocenters. The number of rotatable bonds is 10. The van der Waals surface area contributed by atoms with Gasteiger partial charge in [0.1, 0.15) is 0 Å². The van der Waals surface area contributed by atoms with Crippen LogP contribution < -0.4 is 0 Å². The fourth-order valence-electron chi connectivity index (χ4n) is 2.44. The van der Waals surface area contributed by atoms with Crippen molar-refractivity contribution in [3.8, 4) is 0 Å². The van der Waals surface area contributed by atoms with Gasteiger partial charge < -0.3 is 18.8 Å². The first-order valence-electron chi connectivity index (χ1n) is 7.58. The quantitative estimate of drug-likeness (QED) is 0.631. The van der Waals surface area contributed by atoms with Crippen LogP contribution in [0, 0.1) is 0 Å². The maximum Gasteiger partial charge on any atom is 0.0701 e. The Balaban J connectivity index is 1.76. The van der Waals surface area contributed by atoms with Crippen molar-refractivity contribution >= 4 is 10.9 Å². The predicted molar refractivity (Wildman–Crippen MR) is 84.8 cm³/mol. The van der Waals surface area contributed by atoms with Crippen molar-refractivity contribution in [3.05, 3.63) is 36.0 Å². The zero-order valence-corrected chi connectivity index (χ0v) is 13.0. The summed E-state index contributed by atoms with van der Waals surface area (Å²) in [5.74, 6) is 0. The third-order valence-corrected chi connectivity index (χ3v) is 3.53. The molecular formula is C17H25NO3. The zero-order valence-electron chi connectivity index (χ0n) is 13.0. The molecule has 21 heavy (non-hydrogen) atoms. The number of hydrogen-bond acceptors (Lipinski definition) is 3. The molecule has 1 heterocycles. The molecule has 116 valence electrons. The van der Waals surface area contributed by atoms with Gasteiger partial charge in [0.15, 0.2) is 0 Å². The Kier molecular flexibility index (Phi) is 6.73. The first kappa shape index (κ1) is 16.0. The van der Waals surface area contributed by atoms with Crippen molar-refractivity contribution in [2.45, 2.75) is 19.9 Å². The highest BCUT2D eigenvalue weighted by Gasteiger charge is 2.04. The summed E-state index contributed by atoms with van der Waals surface area (Å²) in [7, 11) is 1.67. The Bertz CT molecular complexity index is 536. The summed E-state index contributed by atoms with van der Waals surface area (Å²) in [5.41, 5.74) is 2.72. The van der Waals surface area contributed by atoms with E-state index in [-0.39, 0.29) is 0 Å². The van der Waals surface area contributed by atoms with Crippen molar-refractivity contribution in [2.75, 3.05) is 40.1 Å². The molecule has 0 atom stereocenters. The van der Waals surface area contributed by atoms with Gasteiger partial charge in [0.25, 0.3) is 0 Å². The molecule has 4 nitrogen and oxygen atoms in total. The largest absolute Gasteiger partial charge is 0.382 e. The van der Waals surface area contributed by atoms with E-state index >= 15 is 0 Å². The van der Waals surface area contributed by atoms with Gasteiger partial charge in [0.05, 0.1) is 38.6 Å². The van der Waals surface area contributed by atoms with Crippen LogP contribution in [0.4, 0.5) is 0 Å². The predicted octanol–water partition coefficient (Wildman–Crippen LogP) is 2.88. The second kappa shape index (κ2) is 8.82. The van der Waals surface area contributed by atoms with Gasteiger partial charge in [-0.25, -0.2) is 0 Å². The molecule has 0 bridgehead atoms. The summed E-state index contributed by atoms with van der Waals surface area (Å²) in [6.07, 6.45) is 3.19. The lowest BCUT2D eigenvalue weighted by Gasteiger charge is -2.10. The fraction of sp³-hybridized carbons (Fsp3) is 0.529. The van der Waals surface area contributed by atoms with Gasteiger partial charge in [-0.15, -0.1) is 0 Å². The van der Waals surface area contributed by atoms with Crippen LogP contribution in [0.25, 0.3) is 10.9 Å². The third-order valence-electron chi connectivity index (χ3n) is 3.53. The monoisotopic (exact) mass is 291 g/mol. The minimum absolute atomic E-state index is 0.621.